The molecule has 0 atom stereocenters. The highest BCUT2D eigenvalue weighted by Gasteiger charge is 2.08. The fraction of sp³-hybridized carbons (Fsp3) is 0.231. The molecule has 0 amide bonds. The molecule has 88 valence electrons. The highest BCUT2D eigenvalue weighted by atomic mass is 35.5. The quantitative estimate of drug-likeness (QED) is 0.888. The van der Waals surface area contributed by atoms with Crippen LogP contribution in [0.1, 0.15) is 18.3 Å². The molecule has 0 radical (unpaired) electrons. The molecule has 0 saturated carbocycles. The minimum absolute atomic E-state index is 0.0817. The van der Waals surface area contributed by atoms with Crippen molar-refractivity contribution in [2.24, 2.45) is 0 Å². The van der Waals surface area contributed by atoms with Crippen molar-refractivity contribution in [3.63, 3.8) is 0 Å². The number of aromatic amines is 1. The summed E-state index contributed by atoms with van der Waals surface area (Å²) in [7, 11) is 0. The largest absolute Gasteiger partial charge is 0.310 e. The van der Waals surface area contributed by atoms with Crippen molar-refractivity contribution in [3.05, 3.63) is 51.0 Å². The summed E-state index contributed by atoms with van der Waals surface area (Å²) >= 11 is 5.84. The third-order valence-electron chi connectivity index (χ3n) is 2.65. The molecule has 0 aliphatic rings. The van der Waals surface area contributed by atoms with Gasteiger partial charge in [0, 0.05) is 22.6 Å². The summed E-state index contributed by atoms with van der Waals surface area (Å²) < 4.78 is 0. The van der Waals surface area contributed by atoms with Gasteiger partial charge in [0.2, 0.25) is 0 Å². The first kappa shape index (κ1) is 11.9. The van der Waals surface area contributed by atoms with Crippen LogP contribution in [0.15, 0.2) is 29.1 Å². The molecule has 17 heavy (non-hydrogen) atoms. The van der Waals surface area contributed by atoms with E-state index in [-0.39, 0.29) is 5.56 Å². The van der Waals surface area contributed by atoms with Crippen LogP contribution in [0.2, 0.25) is 5.02 Å². The summed E-state index contributed by atoms with van der Waals surface area (Å²) in [5.41, 5.74) is 2.18. The summed E-state index contributed by atoms with van der Waals surface area (Å²) in [6.07, 6.45) is 0.704. The van der Waals surface area contributed by atoms with E-state index in [0.29, 0.717) is 22.8 Å². The molecule has 0 bridgehead atoms. The van der Waals surface area contributed by atoms with Gasteiger partial charge in [-0.15, -0.1) is 0 Å². The minimum atomic E-state index is -0.0817. The van der Waals surface area contributed by atoms with Crippen LogP contribution in [0.4, 0.5) is 0 Å². The van der Waals surface area contributed by atoms with Gasteiger partial charge in [0.25, 0.3) is 5.56 Å². The predicted octanol–water partition coefficient (Wildman–Crippen LogP) is 2.96. The summed E-state index contributed by atoms with van der Waals surface area (Å²) in [5.74, 6) is 0.700. The zero-order valence-electron chi connectivity index (χ0n) is 9.75. The average molecular weight is 249 g/mol. The molecule has 2 aromatic rings. The number of nitrogens with one attached hydrogen (secondary N) is 1. The first-order chi connectivity index (χ1) is 8.11. The number of hydrogen-bond donors (Lipinski definition) is 1. The Bertz CT molecular complexity index is 587. The van der Waals surface area contributed by atoms with Crippen LogP contribution in [0.3, 0.4) is 0 Å². The first-order valence-electron chi connectivity index (χ1n) is 5.47. The number of H-pyrrole nitrogens is 1. The molecule has 4 heteroatoms. The maximum atomic E-state index is 11.7. The van der Waals surface area contributed by atoms with Crippen LogP contribution < -0.4 is 5.56 Å². The van der Waals surface area contributed by atoms with E-state index < -0.39 is 0 Å². The molecular weight excluding hydrogens is 236 g/mol. The Labute approximate surface area is 104 Å². The third kappa shape index (κ3) is 2.39. The maximum Gasteiger partial charge on any atom is 0.254 e. The molecule has 3 nitrogen and oxygen atoms in total. The average Bonchev–Trinajstić information content (AvgIpc) is 2.34. The molecule has 1 heterocycles. The fourth-order valence-electron chi connectivity index (χ4n) is 1.64. The minimum Gasteiger partial charge on any atom is -0.310 e. The summed E-state index contributed by atoms with van der Waals surface area (Å²) in [6.45, 7) is 3.73. The van der Waals surface area contributed by atoms with Crippen LogP contribution in [0, 0.1) is 6.92 Å². The number of halogens is 1. The molecule has 1 N–H and O–H groups in total. The van der Waals surface area contributed by atoms with Crippen molar-refractivity contribution in [2.45, 2.75) is 20.3 Å². The van der Waals surface area contributed by atoms with E-state index in [0.717, 1.165) is 11.3 Å². The van der Waals surface area contributed by atoms with Crippen molar-refractivity contribution >= 4 is 11.6 Å². The zero-order chi connectivity index (χ0) is 12.4. The van der Waals surface area contributed by atoms with Gasteiger partial charge in [0.05, 0.1) is 5.69 Å². The van der Waals surface area contributed by atoms with Gasteiger partial charge >= 0.3 is 0 Å². The second-order valence-corrected chi connectivity index (χ2v) is 4.28. The Hall–Kier alpha value is -1.61. The topological polar surface area (TPSA) is 45.8 Å². The Morgan fingerprint density at radius 1 is 1.29 bits per heavy atom. The smallest absolute Gasteiger partial charge is 0.254 e. The number of aromatic nitrogens is 2. The Balaban J connectivity index is 2.62. The van der Waals surface area contributed by atoms with E-state index >= 15 is 0 Å². The number of rotatable bonds is 2. The van der Waals surface area contributed by atoms with Crippen LogP contribution in [0.25, 0.3) is 11.3 Å². The molecule has 0 fully saturated rings. The van der Waals surface area contributed by atoms with Gasteiger partial charge in [-0.1, -0.05) is 30.7 Å². The van der Waals surface area contributed by atoms with Gasteiger partial charge in [-0.25, -0.2) is 4.98 Å². The summed E-state index contributed by atoms with van der Waals surface area (Å²) in [6, 6.07) is 7.34. The molecule has 0 aliphatic carbocycles. The van der Waals surface area contributed by atoms with Crippen molar-refractivity contribution < 1.29 is 0 Å². The van der Waals surface area contributed by atoms with E-state index in [2.05, 4.69) is 9.97 Å². The zero-order valence-corrected chi connectivity index (χ0v) is 10.5. The monoisotopic (exact) mass is 248 g/mol. The molecule has 1 aromatic carbocycles. The second-order valence-electron chi connectivity index (χ2n) is 3.85. The van der Waals surface area contributed by atoms with Crippen molar-refractivity contribution in [1.29, 1.82) is 0 Å². The molecule has 0 spiro atoms. The van der Waals surface area contributed by atoms with Crippen LogP contribution >= 0.6 is 11.6 Å². The van der Waals surface area contributed by atoms with Gasteiger partial charge in [0.1, 0.15) is 5.82 Å². The van der Waals surface area contributed by atoms with Gasteiger partial charge in [-0.3, -0.25) is 4.79 Å². The fourth-order valence-corrected chi connectivity index (χ4v) is 1.76. The number of hydrogen-bond acceptors (Lipinski definition) is 2. The standard InChI is InChI=1S/C13H13ClN2O/c1-3-11-15-12(8(2)13(17)16-11)9-4-6-10(14)7-5-9/h4-7H,3H2,1-2H3,(H,15,16,17). The maximum absolute atomic E-state index is 11.7. The van der Waals surface area contributed by atoms with Crippen LogP contribution in [-0.4, -0.2) is 9.97 Å². The highest BCUT2D eigenvalue weighted by molar-refractivity contribution is 6.30. The van der Waals surface area contributed by atoms with E-state index in [4.69, 9.17) is 11.6 Å². The van der Waals surface area contributed by atoms with Crippen molar-refractivity contribution in [1.82, 2.24) is 9.97 Å². The van der Waals surface area contributed by atoms with Crippen LogP contribution in [0.5, 0.6) is 0 Å². The molecule has 0 saturated heterocycles. The molecule has 0 aliphatic heterocycles. The molecular formula is C13H13ClN2O. The number of aryl methyl sites for hydroxylation is 1. The van der Waals surface area contributed by atoms with Crippen molar-refractivity contribution in [2.75, 3.05) is 0 Å². The summed E-state index contributed by atoms with van der Waals surface area (Å²) in [4.78, 5) is 18.9. The predicted molar refractivity (Wildman–Crippen MR) is 69.4 cm³/mol. The van der Waals surface area contributed by atoms with E-state index in [1.807, 2.05) is 19.1 Å². The number of nitrogens with zero attached hydrogens (tertiary/aromatic N) is 1. The third-order valence-corrected chi connectivity index (χ3v) is 2.90. The molecule has 2 rings (SSSR count). The van der Waals surface area contributed by atoms with Gasteiger partial charge in [-0.2, -0.15) is 0 Å². The molecule has 0 unspecified atom stereocenters. The van der Waals surface area contributed by atoms with Crippen molar-refractivity contribution in [3.8, 4) is 11.3 Å². The van der Waals surface area contributed by atoms with Gasteiger partial charge in [-0.05, 0) is 19.1 Å². The van der Waals surface area contributed by atoms with E-state index in [9.17, 15) is 4.79 Å². The van der Waals surface area contributed by atoms with Gasteiger partial charge in [0.15, 0.2) is 0 Å². The van der Waals surface area contributed by atoms with E-state index in [1.54, 1.807) is 19.1 Å². The summed E-state index contributed by atoms with van der Waals surface area (Å²) in [5, 5.41) is 0.673. The normalized spacial score (nSPS) is 10.5. The van der Waals surface area contributed by atoms with E-state index in [1.165, 1.54) is 0 Å². The van der Waals surface area contributed by atoms with Crippen LogP contribution in [-0.2, 0) is 6.42 Å². The Morgan fingerprint density at radius 2 is 1.94 bits per heavy atom. The Morgan fingerprint density at radius 3 is 2.53 bits per heavy atom. The van der Waals surface area contributed by atoms with Gasteiger partial charge < -0.3 is 4.98 Å². The first-order valence-corrected chi connectivity index (χ1v) is 5.85. The highest BCUT2D eigenvalue weighted by Crippen LogP contribution is 2.21. The lowest BCUT2D eigenvalue weighted by molar-refractivity contribution is 0.912. The Kier molecular flexibility index (Phi) is 3.29. The lowest BCUT2D eigenvalue weighted by Gasteiger charge is -2.06. The lowest BCUT2D eigenvalue weighted by atomic mass is 10.1. The second kappa shape index (κ2) is 4.72. The molecule has 1 aromatic heterocycles. The number of benzene rings is 1. The SMILES string of the molecule is CCc1nc(-c2ccc(Cl)cc2)c(C)c(=O)[nH]1. The lowest BCUT2D eigenvalue weighted by Crippen LogP contribution is -2.15.